The number of esters is 1. The summed E-state index contributed by atoms with van der Waals surface area (Å²) in [6, 6.07) is 23.1. The molecule has 0 unspecified atom stereocenters. The van der Waals surface area contributed by atoms with Gasteiger partial charge in [0, 0.05) is 0 Å². The minimum absolute atomic E-state index is 0.176. The maximum atomic E-state index is 12.4. The number of aromatic nitrogens is 2. The van der Waals surface area contributed by atoms with E-state index in [1.54, 1.807) is 24.3 Å². The summed E-state index contributed by atoms with van der Waals surface area (Å²) in [4.78, 5) is 28.6. The van der Waals surface area contributed by atoms with Crippen molar-refractivity contribution in [3.63, 3.8) is 0 Å². The van der Waals surface area contributed by atoms with Crippen LogP contribution in [0.15, 0.2) is 83.1 Å². The molecule has 0 spiro atoms. The number of nitrogens with zero attached hydrogens (tertiary/aromatic N) is 3. The largest absolute Gasteiger partial charge is 0.465 e. The fourth-order valence-electron chi connectivity index (χ4n) is 3.36. The van der Waals surface area contributed by atoms with Gasteiger partial charge in [0.2, 0.25) is 0 Å². The van der Waals surface area contributed by atoms with E-state index in [4.69, 9.17) is 4.98 Å². The number of hydrazone groups is 1. The highest BCUT2D eigenvalue weighted by molar-refractivity contribution is 7.99. The van der Waals surface area contributed by atoms with Crippen molar-refractivity contribution >= 4 is 40.9 Å². The van der Waals surface area contributed by atoms with Crippen molar-refractivity contribution in [2.45, 2.75) is 18.6 Å². The lowest BCUT2D eigenvalue weighted by atomic mass is 10.1. The average molecular weight is 473 g/mol. The Morgan fingerprint density at radius 3 is 2.53 bits per heavy atom. The van der Waals surface area contributed by atoms with Crippen LogP contribution in [0.3, 0.4) is 0 Å². The Labute approximate surface area is 201 Å². The smallest absolute Gasteiger partial charge is 0.337 e. The van der Waals surface area contributed by atoms with Crippen LogP contribution in [-0.4, -0.2) is 40.5 Å². The SMILES string of the molecule is COC(=O)c1ccc(C=NNC(=O)CSc2nc3ccccc3n2Cc2ccc(C)cc2)cc1. The van der Waals surface area contributed by atoms with Crippen LogP contribution in [0, 0.1) is 6.92 Å². The number of aryl methyl sites for hydroxylation is 1. The molecule has 172 valence electrons. The van der Waals surface area contributed by atoms with Crippen LogP contribution in [0.2, 0.25) is 0 Å². The van der Waals surface area contributed by atoms with Crippen molar-refractivity contribution in [2.75, 3.05) is 12.9 Å². The third-order valence-corrected chi connectivity index (χ3v) is 6.12. The van der Waals surface area contributed by atoms with E-state index in [2.05, 4.69) is 51.0 Å². The van der Waals surface area contributed by atoms with E-state index < -0.39 is 5.97 Å². The van der Waals surface area contributed by atoms with Crippen molar-refractivity contribution in [3.05, 3.63) is 95.1 Å². The number of nitrogens with one attached hydrogen (secondary N) is 1. The fraction of sp³-hybridized carbons (Fsp3) is 0.154. The third kappa shape index (κ3) is 5.71. The number of benzene rings is 3. The summed E-state index contributed by atoms with van der Waals surface area (Å²) in [5.41, 5.74) is 8.05. The maximum absolute atomic E-state index is 12.4. The van der Waals surface area contributed by atoms with Gasteiger partial charge in [0.1, 0.15) is 0 Å². The number of methoxy groups -OCH3 is 1. The first-order chi connectivity index (χ1) is 16.5. The Bertz CT molecular complexity index is 1330. The van der Waals surface area contributed by atoms with Crippen molar-refractivity contribution in [1.29, 1.82) is 0 Å². The number of para-hydroxylation sites is 2. The number of amides is 1. The van der Waals surface area contributed by atoms with Gasteiger partial charge in [-0.2, -0.15) is 5.10 Å². The number of ether oxygens (including phenoxy) is 1. The first-order valence-corrected chi connectivity index (χ1v) is 11.7. The number of carbonyl (C=O) groups is 2. The lowest BCUT2D eigenvalue weighted by Crippen LogP contribution is -2.20. The van der Waals surface area contributed by atoms with Crippen molar-refractivity contribution in [3.8, 4) is 0 Å². The lowest BCUT2D eigenvalue weighted by Gasteiger charge is -2.09. The van der Waals surface area contributed by atoms with Crippen LogP contribution < -0.4 is 5.43 Å². The first kappa shape index (κ1) is 23.3. The number of carbonyl (C=O) groups excluding carboxylic acids is 2. The lowest BCUT2D eigenvalue weighted by molar-refractivity contribution is -0.118. The molecule has 1 amide bonds. The molecule has 34 heavy (non-hydrogen) atoms. The minimum Gasteiger partial charge on any atom is -0.465 e. The molecule has 1 N–H and O–H groups in total. The summed E-state index contributed by atoms with van der Waals surface area (Å²) in [6.45, 7) is 2.74. The van der Waals surface area contributed by atoms with Crippen LogP contribution in [-0.2, 0) is 16.1 Å². The van der Waals surface area contributed by atoms with Crippen molar-refractivity contribution < 1.29 is 14.3 Å². The molecule has 4 rings (SSSR count). The molecule has 0 aliphatic heterocycles. The highest BCUT2D eigenvalue weighted by Crippen LogP contribution is 2.25. The first-order valence-electron chi connectivity index (χ1n) is 10.7. The van der Waals surface area contributed by atoms with Crippen LogP contribution >= 0.6 is 11.8 Å². The van der Waals surface area contributed by atoms with E-state index in [0.717, 1.165) is 21.8 Å². The fourth-order valence-corrected chi connectivity index (χ4v) is 4.16. The molecule has 7 nitrogen and oxygen atoms in total. The van der Waals surface area contributed by atoms with Gasteiger partial charge in [-0.3, -0.25) is 4.79 Å². The molecule has 1 aromatic heterocycles. The quantitative estimate of drug-likeness (QED) is 0.178. The van der Waals surface area contributed by atoms with E-state index in [0.29, 0.717) is 12.1 Å². The van der Waals surface area contributed by atoms with Gasteiger partial charge in [-0.15, -0.1) is 0 Å². The number of hydrogen-bond acceptors (Lipinski definition) is 6. The Kier molecular flexibility index (Phi) is 7.39. The molecule has 4 aromatic rings. The van der Waals surface area contributed by atoms with Crippen LogP contribution in [0.4, 0.5) is 0 Å². The summed E-state index contributed by atoms with van der Waals surface area (Å²) in [6.07, 6.45) is 1.52. The molecule has 0 radical (unpaired) electrons. The molecule has 0 saturated carbocycles. The zero-order valence-corrected chi connectivity index (χ0v) is 19.7. The summed E-state index contributed by atoms with van der Waals surface area (Å²) < 4.78 is 6.81. The Morgan fingerprint density at radius 2 is 1.79 bits per heavy atom. The van der Waals surface area contributed by atoms with E-state index in [-0.39, 0.29) is 11.7 Å². The predicted molar refractivity (Wildman–Crippen MR) is 134 cm³/mol. The summed E-state index contributed by atoms with van der Waals surface area (Å²) in [5.74, 6) is -0.459. The van der Waals surface area contributed by atoms with E-state index in [1.807, 2.05) is 24.3 Å². The number of thioether (sulfide) groups is 1. The standard InChI is InChI=1S/C26H24N4O3S/c1-18-7-9-20(10-8-18)16-30-23-6-4-3-5-22(23)28-26(30)34-17-24(31)29-27-15-19-11-13-21(14-12-19)25(32)33-2/h3-15H,16-17H2,1-2H3,(H,29,31). The third-order valence-electron chi connectivity index (χ3n) is 5.15. The van der Waals surface area contributed by atoms with E-state index in [9.17, 15) is 9.59 Å². The second kappa shape index (κ2) is 10.8. The predicted octanol–water partition coefficient (Wildman–Crippen LogP) is 4.42. The van der Waals surface area contributed by atoms with Gasteiger partial charge in [-0.1, -0.05) is 65.9 Å². The molecule has 0 aliphatic rings. The molecular formula is C26H24N4O3S. The Hall–Kier alpha value is -3.91. The van der Waals surface area contributed by atoms with Gasteiger partial charge in [-0.05, 0) is 42.3 Å². The molecule has 0 aliphatic carbocycles. The highest BCUT2D eigenvalue weighted by Gasteiger charge is 2.13. The van der Waals surface area contributed by atoms with Crippen molar-refractivity contribution in [2.24, 2.45) is 5.10 Å². The Balaban J connectivity index is 1.39. The second-order valence-electron chi connectivity index (χ2n) is 7.65. The summed E-state index contributed by atoms with van der Waals surface area (Å²) in [7, 11) is 1.34. The number of hydrogen-bond donors (Lipinski definition) is 1. The molecule has 0 saturated heterocycles. The van der Waals surface area contributed by atoms with Crippen LogP contribution in [0.25, 0.3) is 11.0 Å². The van der Waals surface area contributed by atoms with Gasteiger partial charge < -0.3 is 9.30 Å². The van der Waals surface area contributed by atoms with Gasteiger partial charge in [0.15, 0.2) is 5.16 Å². The number of rotatable bonds is 8. The molecule has 1 heterocycles. The zero-order chi connectivity index (χ0) is 23.9. The summed E-state index contributed by atoms with van der Waals surface area (Å²) >= 11 is 1.37. The molecule has 3 aromatic carbocycles. The van der Waals surface area contributed by atoms with Gasteiger partial charge >= 0.3 is 5.97 Å². The molecule has 0 fully saturated rings. The molecular weight excluding hydrogens is 448 g/mol. The molecule has 0 atom stereocenters. The van der Waals surface area contributed by atoms with Crippen molar-refractivity contribution in [1.82, 2.24) is 15.0 Å². The van der Waals surface area contributed by atoms with Crippen LogP contribution in [0.5, 0.6) is 0 Å². The Morgan fingerprint density at radius 1 is 1.06 bits per heavy atom. The van der Waals surface area contributed by atoms with Gasteiger partial charge in [0.25, 0.3) is 5.91 Å². The zero-order valence-electron chi connectivity index (χ0n) is 18.9. The topological polar surface area (TPSA) is 85.6 Å². The minimum atomic E-state index is -0.401. The number of fused-ring (bicyclic) bond motifs is 1. The van der Waals surface area contributed by atoms with E-state index >= 15 is 0 Å². The maximum Gasteiger partial charge on any atom is 0.337 e. The van der Waals surface area contributed by atoms with Crippen LogP contribution in [0.1, 0.15) is 27.0 Å². The summed E-state index contributed by atoms with van der Waals surface area (Å²) in [5, 5.41) is 4.79. The van der Waals surface area contributed by atoms with Gasteiger partial charge in [0.05, 0.1) is 42.2 Å². The average Bonchev–Trinajstić information content (AvgIpc) is 3.21. The highest BCUT2D eigenvalue weighted by atomic mass is 32.2. The second-order valence-corrected chi connectivity index (χ2v) is 8.59. The molecule has 8 heteroatoms. The van der Waals surface area contributed by atoms with Gasteiger partial charge in [-0.25, -0.2) is 15.2 Å². The van der Waals surface area contributed by atoms with E-state index in [1.165, 1.54) is 36.2 Å². The number of imidazole rings is 1. The normalized spacial score (nSPS) is 11.1. The molecule has 0 bridgehead atoms. The monoisotopic (exact) mass is 472 g/mol.